The molecule has 160 valence electrons. The number of piperidine rings is 1. The molecule has 0 bridgehead atoms. The van der Waals surface area contributed by atoms with Crippen LogP contribution in [0.1, 0.15) is 52.2 Å². The standard InChI is InChI=1S/C23H23FN4O3/c1-14-11-15(2)28(25-14)13-18-4-6-20(30-18)23(29)27-9-7-16(8-10-27)22-19-5-3-17(24)12-21(19)31-26-22/h3-6,11-12,16H,7-10,13H2,1-2H3. The van der Waals surface area contributed by atoms with Crippen LogP contribution in [0.25, 0.3) is 11.0 Å². The number of fused-ring (bicyclic) bond motifs is 1. The summed E-state index contributed by atoms with van der Waals surface area (Å²) in [4.78, 5) is 14.7. The molecule has 0 aliphatic carbocycles. The van der Waals surface area contributed by atoms with Crippen molar-refractivity contribution >= 4 is 16.9 Å². The normalized spacial score (nSPS) is 15.1. The third kappa shape index (κ3) is 3.73. The van der Waals surface area contributed by atoms with Gasteiger partial charge in [0, 0.05) is 36.2 Å². The lowest BCUT2D eigenvalue weighted by atomic mass is 9.91. The lowest BCUT2D eigenvalue weighted by molar-refractivity contribution is 0.0677. The first kappa shape index (κ1) is 19.5. The van der Waals surface area contributed by atoms with Gasteiger partial charge in [0.1, 0.15) is 11.6 Å². The lowest BCUT2D eigenvalue weighted by Crippen LogP contribution is -2.37. The Morgan fingerprint density at radius 3 is 2.71 bits per heavy atom. The Morgan fingerprint density at radius 2 is 1.97 bits per heavy atom. The highest BCUT2D eigenvalue weighted by Gasteiger charge is 2.29. The Balaban J connectivity index is 1.24. The molecule has 1 fully saturated rings. The number of furan rings is 1. The first-order valence-electron chi connectivity index (χ1n) is 10.4. The smallest absolute Gasteiger partial charge is 0.289 e. The first-order chi connectivity index (χ1) is 15.0. The molecule has 0 spiro atoms. The van der Waals surface area contributed by atoms with Gasteiger partial charge < -0.3 is 13.8 Å². The number of rotatable bonds is 4. The van der Waals surface area contributed by atoms with E-state index in [-0.39, 0.29) is 17.6 Å². The van der Waals surface area contributed by atoms with E-state index >= 15 is 0 Å². The second-order valence-corrected chi connectivity index (χ2v) is 8.13. The highest BCUT2D eigenvalue weighted by Crippen LogP contribution is 2.33. The number of hydrogen-bond donors (Lipinski definition) is 0. The van der Waals surface area contributed by atoms with Crippen molar-refractivity contribution in [2.24, 2.45) is 0 Å². The van der Waals surface area contributed by atoms with Crippen LogP contribution < -0.4 is 0 Å². The van der Waals surface area contributed by atoms with Crippen LogP contribution in [-0.4, -0.2) is 38.8 Å². The quantitative estimate of drug-likeness (QED) is 0.486. The number of carbonyl (C=O) groups is 1. The number of likely N-dealkylation sites (tertiary alicyclic amines) is 1. The summed E-state index contributed by atoms with van der Waals surface area (Å²) in [6, 6.07) is 10.1. The fourth-order valence-electron chi connectivity index (χ4n) is 4.30. The largest absolute Gasteiger partial charge is 0.454 e. The molecule has 1 aliphatic heterocycles. The maximum atomic E-state index is 13.4. The summed E-state index contributed by atoms with van der Waals surface area (Å²) in [7, 11) is 0. The van der Waals surface area contributed by atoms with Crippen LogP contribution in [0.15, 0.2) is 45.3 Å². The van der Waals surface area contributed by atoms with Crippen LogP contribution in [0.4, 0.5) is 4.39 Å². The van der Waals surface area contributed by atoms with Gasteiger partial charge in [-0.1, -0.05) is 5.16 Å². The van der Waals surface area contributed by atoms with Gasteiger partial charge in [0.25, 0.3) is 5.91 Å². The molecule has 5 rings (SSSR count). The van der Waals surface area contributed by atoms with Gasteiger partial charge in [-0.15, -0.1) is 0 Å². The summed E-state index contributed by atoms with van der Waals surface area (Å²) in [5.41, 5.74) is 3.30. The molecule has 0 atom stereocenters. The molecule has 0 radical (unpaired) electrons. The minimum Gasteiger partial charge on any atom is -0.454 e. The predicted molar refractivity (Wildman–Crippen MR) is 111 cm³/mol. The van der Waals surface area contributed by atoms with Gasteiger partial charge >= 0.3 is 0 Å². The number of amides is 1. The molecule has 31 heavy (non-hydrogen) atoms. The van der Waals surface area contributed by atoms with Crippen molar-refractivity contribution in [3.63, 3.8) is 0 Å². The number of hydrogen-bond acceptors (Lipinski definition) is 5. The SMILES string of the molecule is Cc1cc(C)n(Cc2ccc(C(=O)N3CCC(c4noc5cc(F)ccc45)CC3)o2)n1. The lowest BCUT2D eigenvalue weighted by Gasteiger charge is -2.30. The van der Waals surface area contributed by atoms with E-state index in [9.17, 15) is 9.18 Å². The molecule has 8 heteroatoms. The molecule has 0 saturated carbocycles. The molecule has 4 aromatic rings. The molecule has 1 saturated heterocycles. The molecule has 0 N–H and O–H groups in total. The highest BCUT2D eigenvalue weighted by molar-refractivity contribution is 5.91. The highest BCUT2D eigenvalue weighted by atomic mass is 19.1. The van der Waals surface area contributed by atoms with Crippen LogP contribution >= 0.6 is 0 Å². The molecular formula is C23H23FN4O3. The fourth-order valence-corrected chi connectivity index (χ4v) is 4.30. The van der Waals surface area contributed by atoms with Gasteiger partial charge in [-0.2, -0.15) is 5.10 Å². The van der Waals surface area contributed by atoms with E-state index in [1.54, 1.807) is 12.1 Å². The third-order valence-corrected chi connectivity index (χ3v) is 5.91. The van der Waals surface area contributed by atoms with Crippen molar-refractivity contribution in [2.45, 2.75) is 39.2 Å². The number of carbonyl (C=O) groups excluding carboxylic acids is 1. The summed E-state index contributed by atoms with van der Waals surface area (Å²) in [6.07, 6.45) is 1.54. The zero-order chi connectivity index (χ0) is 21.5. The molecule has 0 unspecified atom stereocenters. The molecule has 1 amide bonds. The zero-order valence-electron chi connectivity index (χ0n) is 17.5. The molecule has 4 heterocycles. The Hall–Kier alpha value is -3.42. The fraction of sp³-hybridized carbons (Fsp3) is 0.348. The number of nitrogens with zero attached hydrogens (tertiary/aromatic N) is 4. The molecular weight excluding hydrogens is 399 g/mol. The Morgan fingerprint density at radius 1 is 1.16 bits per heavy atom. The summed E-state index contributed by atoms with van der Waals surface area (Å²) in [5.74, 6) is 0.772. The van der Waals surface area contributed by atoms with E-state index in [1.165, 1.54) is 12.1 Å². The van der Waals surface area contributed by atoms with Crippen molar-refractivity contribution in [1.82, 2.24) is 19.8 Å². The Kier molecular flexibility index (Phi) is 4.84. The van der Waals surface area contributed by atoms with Crippen LogP contribution in [0, 0.1) is 19.7 Å². The summed E-state index contributed by atoms with van der Waals surface area (Å²) < 4.78 is 26.4. The summed E-state index contributed by atoms with van der Waals surface area (Å²) >= 11 is 0. The second kappa shape index (κ2) is 7.68. The third-order valence-electron chi connectivity index (χ3n) is 5.91. The van der Waals surface area contributed by atoms with Crippen LogP contribution in [0.5, 0.6) is 0 Å². The van der Waals surface area contributed by atoms with Crippen molar-refractivity contribution in [2.75, 3.05) is 13.1 Å². The number of aryl methyl sites for hydroxylation is 2. The molecule has 1 aliphatic rings. The van der Waals surface area contributed by atoms with E-state index in [0.717, 1.165) is 35.3 Å². The van der Waals surface area contributed by atoms with Crippen LogP contribution in [0.3, 0.4) is 0 Å². The molecule has 1 aromatic carbocycles. The van der Waals surface area contributed by atoms with Crippen molar-refractivity contribution in [1.29, 1.82) is 0 Å². The van der Waals surface area contributed by atoms with Gasteiger partial charge in [0.05, 0.1) is 17.9 Å². The maximum absolute atomic E-state index is 13.4. The predicted octanol–water partition coefficient (Wildman–Crippen LogP) is 4.44. The summed E-state index contributed by atoms with van der Waals surface area (Å²) in [5, 5.41) is 9.44. The van der Waals surface area contributed by atoms with Gasteiger partial charge in [0.2, 0.25) is 0 Å². The van der Waals surface area contributed by atoms with E-state index in [1.807, 2.05) is 35.6 Å². The first-order valence-corrected chi connectivity index (χ1v) is 10.4. The topological polar surface area (TPSA) is 77.3 Å². The van der Waals surface area contributed by atoms with E-state index < -0.39 is 0 Å². The van der Waals surface area contributed by atoms with Gasteiger partial charge in [-0.05, 0) is 57.0 Å². The van der Waals surface area contributed by atoms with Gasteiger partial charge in [0.15, 0.2) is 11.3 Å². The average Bonchev–Trinajstić information content (AvgIpc) is 3.46. The van der Waals surface area contributed by atoms with E-state index in [0.29, 0.717) is 36.7 Å². The Labute approximate surface area is 178 Å². The van der Waals surface area contributed by atoms with Crippen molar-refractivity contribution < 1.29 is 18.1 Å². The maximum Gasteiger partial charge on any atom is 0.289 e. The van der Waals surface area contributed by atoms with Crippen molar-refractivity contribution in [3.8, 4) is 0 Å². The van der Waals surface area contributed by atoms with Crippen LogP contribution in [-0.2, 0) is 6.54 Å². The minimum atomic E-state index is -0.341. The molecule has 3 aromatic heterocycles. The summed E-state index contributed by atoms with van der Waals surface area (Å²) in [6.45, 7) is 5.64. The molecule has 7 nitrogen and oxygen atoms in total. The van der Waals surface area contributed by atoms with E-state index in [4.69, 9.17) is 8.94 Å². The van der Waals surface area contributed by atoms with Gasteiger partial charge in [-0.3, -0.25) is 9.48 Å². The monoisotopic (exact) mass is 422 g/mol. The number of benzene rings is 1. The van der Waals surface area contributed by atoms with Crippen molar-refractivity contribution in [3.05, 3.63) is 70.8 Å². The minimum absolute atomic E-state index is 0.106. The number of aromatic nitrogens is 3. The van der Waals surface area contributed by atoms with Crippen LogP contribution in [0.2, 0.25) is 0 Å². The average molecular weight is 422 g/mol. The zero-order valence-corrected chi connectivity index (χ0v) is 17.5. The van der Waals surface area contributed by atoms with E-state index in [2.05, 4.69) is 10.3 Å². The second-order valence-electron chi connectivity index (χ2n) is 8.13. The van der Waals surface area contributed by atoms with Gasteiger partial charge in [-0.25, -0.2) is 4.39 Å². The number of halogens is 1. The Bertz CT molecular complexity index is 1250.